The molecule has 20 heavy (non-hydrogen) atoms. The largest absolute Gasteiger partial charge is 0.336 e. The lowest BCUT2D eigenvalue weighted by Gasteiger charge is -2.37. The maximum Gasteiger partial charge on any atom is 0.230 e. The summed E-state index contributed by atoms with van der Waals surface area (Å²) in [5.41, 5.74) is 1.13. The summed E-state index contributed by atoms with van der Waals surface area (Å²) < 4.78 is 0. The van der Waals surface area contributed by atoms with E-state index in [1.807, 2.05) is 24.3 Å². The molecule has 0 radical (unpaired) electrons. The summed E-state index contributed by atoms with van der Waals surface area (Å²) in [5.74, 6) is 0.276. The van der Waals surface area contributed by atoms with Gasteiger partial charge in [-0.3, -0.25) is 4.79 Å². The van der Waals surface area contributed by atoms with E-state index in [-0.39, 0.29) is 5.92 Å². The van der Waals surface area contributed by atoms with Crippen LogP contribution in [0.2, 0.25) is 0 Å². The van der Waals surface area contributed by atoms with Crippen molar-refractivity contribution < 1.29 is 4.79 Å². The van der Waals surface area contributed by atoms with Crippen LogP contribution in [0, 0.1) is 0 Å². The summed E-state index contributed by atoms with van der Waals surface area (Å²) in [6.45, 7) is 3.84. The fourth-order valence-electron chi connectivity index (χ4n) is 3.89. The molecule has 0 spiro atoms. The molecule has 2 aliphatic rings. The van der Waals surface area contributed by atoms with Gasteiger partial charge in [-0.05, 0) is 44.1 Å². The van der Waals surface area contributed by atoms with Crippen molar-refractivity contribution in [3.63, 3.8) is 0 Å². The Morgan fingerprint density at radius 2 is 1.85 bits per heavy atom. The smallest absolute Gasteiger partial charge is 0.230 e. The molecule has 2 nitrogen and oxygen atoms in total. The third kappa shape index (κ3) is 2.39. The van der Waals surface area contributed by atoms with Crippen LogP contribution in [0.15, 0.2) is 43.0 Å². The van der Waals surface area contributed by atoms with Crippen molar-refractivity contribution in [1.29, 1.82) is 0 Å². The minimum atomic E-state index is -0.0464. The quantitative estimate of drug-likeness (QED) is 0.759. The normalized spacial score (nSPS) is 26.3. The molecule has 2 heteroatoms. The van der Waals surface area contributed by atoms with Crippen LogP contribution in [-0.2, 0) is 4.79 Å². The van der Waals surface area contributed by atoms with E-state index >= 15 is 0 Å². The monoisotopic (exact) mass is 269 g/mol. The topological polar surface area (TPSA) is 20.3 Å². The number of hydrogen-bond acceptors (Lipinski definition) is 1. The SMILES string of the molecule is C=CC[C@@H](C(=O)N1C2CCCC1CC2)c1ccccc1. The number of rotatable bonds is 4. The minimum absolute atomic E-state index is 0.0464. The molecule has 1 aromatic carbocycles. The summed E-state index contributed by atoms with van der Waals surface area (Å²) in [5, 5.41) is 0. The predicted octanol–water partition coefficient (Wildman–Crippen LogP) is 3.89. The van der Waals surface area contributed by atoms with Crippen LogP contribution in [0.3, 0.4) is 0 Å². The predicted molar refractivity (Wildman–Crippen MR) is 81.5 cm³/mol. The molecule has 1 aromatic rings. The van der Waals surface area contributed by atoms with Gasteiger partial charge in [0.1, 0.15) is 0 Å². The van der Waals surface area contributed by atoms with Crippen molar-refractivity contribution >= 4 is 5.91 Å². The number of piperidine rings is 1. The second-order valence-electron chi connectivity index (χ2n) is 6.05. The molecule has 0 N–H and O–H groups in total. The van der Waals surface area contributed by atoms with Crippen LogP contribution in [0.25, 0.3) is 0 Å². The zero-order chi connectivity index (χ0) is 13.9. The first kappa shape index (κ1) is 13.4. The van der Waals surface area contributed by atoms with E-state index < -0.39 is 0 Å². The minimum Gasteiger partial charge on any atom is -0.336 e. The molecule has 106 valence electrons. The molecule has 0 saturated carbocycles. The number of carbonyl (C=O) groups excluding carboxylic acids is 1. The molecule has 2 bridgehead atoms. The Hall–Kier alpha value is -1.57. The van der Waals surface area contributed by atoms with E-state index in [0.29, 0.717) is 18.0 Å². The summed E-state index contributed by atoms with van der Waals surface area (Å²) in [4.78, 5) is 15.2. The van der Waals surface area contributed by atoms with E-state index in [0.717, 1.165) is 12.0 Å². The van der Waals surface area contributed by atoms with Gasteiger partial charge in [0, 0.05) is 12.1 Å². The summed E-state index contributed by atoms with van der Waals surface area (Å²) in [6.07, 6.45) is 8.68. The van der Waals surface area contributed by atoms with Crippen molar-refractivity contribution in [2.24, 2.45) is 0 Å². The molecule has 3 rings (SSSR count). The van der Waals surface area contributed by atoms with Gasteiger partial charge in [-0.1, -0.05) is 36.4 Å². The first-order chi connectivity index (χ1) is 9.81. The highest BCUT2D eigenvalue weighted by Crippen LogP contribution is 2.38. The Kier molecular flexibility index (Phi) is 3.90. The van der Waals surface area contributed by atoms with Crippen LogP contribution >= 0.6 is 0 Å². The highest BCUT2D eigenvalue weighted by Gasteiger charge is 2.41. The Bertz CT molecular complexity index is 465. The van der Waals surface area contributed by atoms with E-state index in [2.05, 4.69) is 23.6 Å². The van der Waals surface area contributed by atoms with E-state index in [1.54, 1.807) is 0 Å². The lowest BCUT2D eigenvalue weighted by molar-refractivity contribution is -0.137. The average Bonchev–Trinajstić information content (AvgIpc) is 2.74. The molecule has 0 aromatic heterocycles. The number of amides is 1. The Morgan fingerprint density at radius 1 is 1.20 bits per heavy atom. The van der Waals surface area contributed by atoms with Crippen LogP contribution in [-0.4, -0.2) is 22.9 Å². The second-order valence-corrected chi connectivity index (χ2v) is 6.05. The van der Waals surface area contributed by atoms with Gasteiger partial charge in [-0.2, -0.15) is 0 Å². The number of allylic oxidation sites excluding steroid dienone is 1. The maximum absolute atomic E-state index is 13.0. The summed E-state index contributed by atoms with van der Waals surface area (Å²) in [7, 11) is 0. The molecule has 1 amide bonds. The van der Waals surface area contributed by atoms with Gasteiger partial charge in [0.05, 0.1) is 5.92 Å². The lowest BCUT2D eigenvalue weighted by Crippen LogP contribution is -2.46. The number of fused-ring (bicyclic) bond motifs is 2. The lowest BCUT2D eigenvalue weighted by atomic mass is 9.92. The van der Waals surface area contributed by atoms with Gasteiger partial charge in [0.25, 0.3) is 0 Å². The van der Waals surface area contributed by atoms with Gasteiger partial charge in [0.15, 0.2) is 0 Å². The van der Waals surface area contributed by atoms with Gasteiger partial charge in [0.2, 0.25) is 5.91 Å². The molecule has 2 saturated heterocycles. The van der Waals surface area contributed by atoms with Crippen molar-refractivity contribution in [3.8, 4) is 0 Å². The van der Waals surface area contributed by atoms with E-state index in [9.17, 15) is 4.79 Å². The fraction of sp³-hybridized carbons (Fsp3) is 0.500. The van der Waals surface area contributed by atoms with Crippen LogP contribution in [0.4, 0.5) is 0 Å². The maximum atomic E-state index is 13.0. The van der Waals surface area contributed by atoms with Crippen molar-refractivity contribution in [2.45, 2.75) is 56.5 Å². The number of carbonyl (C=O) groups is 1. The van der Waals surface area contributed by atoms with Crippen molar-refractivity contribution in [3.05, 3.63) is 48.6 Å². The summed E-state index contributed by atoms with van der Waals surface area (Å²) >= 11 is 0. The number of benzene rings is 1. The molecule has 2 fully saturated rings. The zero-order valence-electron chi connectivity index (χ0n) is 12.0. The fourth-order valence-corrected chi connectivity index (χ4v) is 3.89. The molecule has 2 aliphatic heterocycles. The Balaban J connectivity index is 1.84. The zero-order valence-corrected chi connectivity index (χ0v) is 12.0. The highest BCUT2D eigenvalue weighted by atomic mass is 16.2. The van der Waals surface area contributed by atoms with Crippen LogP contribution in [0.5, 0.6) is 0 Å². The third-order valence-electron chi connectivity index (χ3n) is 4.85. The highest BCUT2D eigenvalue weighted by molar-refractivity contribution is 5.85. The van der Waals surface area contributed by atoms with Crippen LogP contribution in [0.1, 0.15) is 50.0 Å². The number of nitrogens with zero attached hydrogens (tertiary/aromatic N) is 1. The Labute approximate surface area is 121 Å². The molecular weight excluding hydrogens is 246 g/mol. The van der Waals surface area contributed by atoms with Crippen LogP contribution < -0.4 is 0 Å². The molecule has 0 aliphatic carbocycles. The van der Waals surface area contributed by atoms with Crippen molar-refractivity contribution in [1.82, 2.24) is 4.90 Å². The second kappa shape index (κ2) is 5.82. The molecule has 3 atom stereocenters. The first-order valence-corrected chi connectivity index (χ1v) is 7.79. The van der Waals surface area contributed by atoms with Gasteiger partial charge in [-0.25, -0.2) is 0 Å². The molecule has 2 heterocycles. The molecule has 2 unspecified atom stereocenters. The average molecular weight is 269 g/mol. The standard InChI is InChI=1S/C18H23NO/c1-2-7-17(14-8-4-3-5-9-14)18(20)19-15-10-6-11-16(19)13-12-15/h2-5,8-9,15-17H,1,6-7,10-13H2/t15?,16?,17-/m1/s1. The van der Waals surface area contributed by atoms with Gasteiger partial charge >= 0.3 is 0 Å². The third-order valence-corrected chi connectivity index (χ3v) is 4.85. The molecular formula is C18H23NO. The number of hydrogen-bond donors (Lipinski definition) is 0. The van der Waals surface area contributed by atoms with Crippen molar-refractivity contribution in [2.75, 3.05) is 0 Å². The van der Waals surface area contributed by atoms with Gasteiger partial charge < -0.3 is 4.90 Å². The summed E-state index contributed by atoms with van der Waals surface area (Å²) in [6, 6.07) is 11.2. The van der Waals surface area contributed by atoms with E-state index in [1.165, 1.54) is 32.1 Å². The Morgan fingerprint density at radius 3 is 2.45 bits per heavy atom. The van der Waals surface area contributed by atoms with Gasteiger partial charge in [-0.15, -0.1) is 6.58 Å². The first-order valence-electron chi connectivity index (χ1n) is 7.79. The van der Waals surface area contributed by atoms with E-state index in [4.69, 9.17) is 0 Å².